The number of likely N-dealkylation sites (tertiary alicyclic amines) is 1. The zero-order valence-electron chi connectivity index (χ0n) is 8.32. The molecule has 1 aliphatic rings. The van der Waals surface area contributed by atoms with Crippen molar-refractivity contribution in [2.24, 2.45) is 0 Å². The van der Waals surface area contributed by atoms with Crippen molar-refractivity contribution >= 4 is 11.9 Å². The molecule has 0 saturated carbocycles. The standard InChI is InChI=1S/C10H15NO3/c1-7(2)6-9(12)11-5-3-4-8(11)10(13)14/h8H,1,3-6H2,2H3,(H,13,14)/t8-/m1/s1. The van der Waals surface area contributed by atoms with E-state index in [0.717, 1.165) is 12.0 Å². The molecule has 0 radical (unpaired) electrons. The molecular weight excluding hydrogens is 182 g/mol. The van der Waals surface area contributed by atoms with E-state index in [1.165, 1.54) is 4.90 Å². The number of carbonyl (C=O) groups excluding carboxylic acids is 1. The Morgan fingerprint density at radius 1 is 1.57 bits per heavy atom. The Hall–Kier alpha value is -1.32. The molecule has 0 bridgehead atoms. The maximum absolute atomic E-state index is 11.6. The lowest BCUT2D eigenvalue weighted by Gasteiger charge is -2.21. The van der Waals surface area contributed by atoms with Crippen LogP contribution in [0.4, 0.5) is 0 Å². The summed E-state index contributed by atoms with van der Waals surface area (Å²) in [7, 11) is 0. The molecule has 4 heteroatoms. The van der Waals surface area contributed by atoms with Gasteiger partial charge in [0.05, 0.1) is 0 Å². The number of aliphatic carboxylic acids is 1. The molecule has 0 unspecified atom stereocenters. The smallest absolute Gasteiger partial charge is 0.326 e. The number of amides is 1. The Labute approximate surface area is 83.2 Å². The van der Waals surface area contributed by atoms with Gasteiger partial charge in [-0.2, -0.15) is 0 Å². The molecule has 1 N–H and O–H groups in total. The van der Waals surface area contributed by atoms with Crippen molar-refractivity contribution in [3.05, 3.63) is 12.2 Å². The second kappa shape index (κ2) is 4.26. The predicted molar refractivity (Wildman–Crippen MR) is 51.8 cm³/mol. The second-order valence-corrected chi connectivity index (χ2v) is 3.72. The molecule has 0 aliphatic carbocycles. The molecule has 1 atom stereocenters. The van der Waals surface area contributed by atoms with E-state index in [1.54, 1.807) is 6.92 Å². The Morgan fingerprint density at radius 2 is 2.21 bits per heavy atom. The molecule has 4 nitrogen and oxygen atoms in total. The summed E-state index contributed by atoms with van der Waals surface area (Å²) in [6.07, 6.45) is 1.60. The second-order valence-electron chi connectivity index (χ2n) is 3.72. The highest BCUT2D eigenvalue weighted by atomic mass is 16.4. The van der Waals surface area contributed by atoms with Crippen LogP contribution in [-0.4, -0.2) is 34.5 Å². The van der Waals surface area contributed by atoms with Crippen molar-refractivity contribution in [1.82, 2.24) is 4.90 Å². The fourth-order valence-electron chi connectivity index (χ4n) is 1.68. The van der Waals surface area contributed by atoms with Crippen molar-refractivity contribution in [1.29, 1.82) is 0 Å². The molecule has 0 spiro atoms. The summed E-state index contributed by atoms with van der Waals surface area (Å²) in [5.74, 6) is -1.03. The summed E-state index contributed by atoms with van der Waals surface area (Å²) < 4.78 is 0. The van der Waals surface area contributed by atoms with Gasteiger partial charge in [-0.15, -0.1) is 0 Å². The minimum absolute atomic E-state index is 0.123. The van der Waals surface area contributed by atoms with Gasteiger partial charge < -0.3 is 10.0 Å². The normalized spacial score (nSPS) is 20.9. The molecule has 1 fully saturated rings. The number of carbonyl (C=O) groups is 2. The number of nitrogens with zero attached hydrogens (tertiary/aromatic N) is 1. The average Bonchev–Trinajstić information content (AvgIpc) is 2.49. The highest BCUT2D eigenvalue weighted by molar-refractivity contribution is 5.85. The summed E-state index contributed by atoms with van der Waals surface area (Å²) in [5.41, 5.74) is 0.769. The third-order valence-corrected chi connectivity index (χ3v) is 2.31. The molecule has 14 heavy (non-hydrogen) atoms. The van der Waals surface area contributed by atoms with Gasteiger partial charge in [-0.3, -0.25) is 4.79 Å². The van der Waals surface area contributed by atoms with Crippen molar-refractivity contribution in [2.45, 2.75) is 32.2 Å². The van der Waals surface area contributed by atoms with Crippen LogP contribution >= 0.6 is 0 Å². The van der Waals surface area contributed by atoms with Gasteiger partial charge in [0.1, 0.15) is 6.04 Å². The van der Waals surface area contributed by atoms with E-state index in [2.05, 4.69) is 6.58 Å². The number of carboxylic acids is 1. The van der Waals surface area contributed by atoms with Gasteiger partial charge in [-0.1, -0.05) is 12.2 Å². The van der Waals surface area contributed by atoms with Crippen LogP contribution in [0.1, 0.15) is 26.2 Å². The fourth-order valence-corrected chi connectivity index (χ4v) is 1.68. The SMILES string of the molecule is C=C(C)CC(=O)N1CCC[C@@H]1C(=O)O. The van der Waals surface area contributed by atoms with Crippen LogP contribution in [0.25, 0.3) is 0 Å². The number of rotatable bonds is 3. The fraction of sp³-hybridized carbons (Fsp3) is 0.600. The van der Waals surface area contributed by atoms with Gasteiger partial charge >= 0.3 is 5.97 Å². The van der Waals surface area contributed by atoms with Crippen LogP contribution in [-0.2, 0) is 9.59 Å². The summed E-state index contributed by atoms with van der Waals surface area (Å²) in [6, 6.07) is -0.623. The highest BCUT2D eigenvalue weighted by Gasteiger charge is 2.33. The van der Waals surface area contributed by atoms with Gasteiger partial charge in [-0.05, 0) is 19.8 Å². The summed E-state index contributed by atoms with van der Waals surface area (Å²) >= 11 is 0. The quantitative estimate of drug-likeness (QED) is 0.687. The van der Waals surface area contributed by atoms with E-state index in [1.807, 2.05) is 0 Å². The molecule has 0 aromatic carbocycles. The van der Waals surface area contributed by atoms with Crippen LogP contribution in [0.3, 0.4) is 0 Å². The van der Waals surface area contributed by atoms with Crippen LogP contribution < -0.4 is 0 Å². The topological polar surface area (TPSA) is 57.6 Å². The number of hydrogen-bond donors (Lipinski definition) is 1. The van der Waals surface area contributed by atoms with Crippen LogP contribution in [0.5, 0.6) is 0 Å². The lowest BCUT2D eigenvalue weighted by molar-refractivity contribution is -0.147. The van der Waals surface area contributed by atoms with Crippen molar-refractivity contribution in [3.63, 3.8) is 0 Å². The van der Waals surface area contributed by atoms with Crippen molar-refractivity contribution in [3.8, 4) is 0 Å². The first-order valence-electron chi connectivity index (χ1n) is 4.69. The highest BCUT2D eigenvalue weighted by Crippen LogP contribution is 2.19. The van der Waals surface area contributed by atoms with E-state index < -0.39 is 12.0 Å². The first-order chi connectivity index (χ1) is 6.52. The molecule has 1 aliphatic heterocycles. The largest absolute Gasteiger partial charge is 0.480 e. The minimum atomic E-state index is -0.905. The minimum Gasteiger partial charge on any atom is -0.480 e. The van der Waals surface area contributed by atoms with E-state index in [-0.39, 0.29) is 12.3 Å². The van der Waals surface area contributed by atoms with E-state index in [0.29, 0.717) is 13.0 Å². The van der Waals surface area contributed by atoms with Crippen LogP contribution in [0.15, 0.2) is 12.2 Å². The summed E-state index contributed by atoms with van der Waals surface area (Å²) in [5, 5.41) is 8.85. The Balaban J connectivity index is 2.62. The van der Waals surface area contributed by atoms with E-state index in [9.17, 15) is 9.59 Å². The predicted octanol–water partition coefficient (Wildman–Crippen LogP) is 1.03. The van der Waals surface area contributed by atoms with E-state index >= 15 is 0 Å². The molecule has 1 rings (SSSR count). The molecular formula is C10H15NO3. The summed E-state index contributed by atoms with van der Waals surface area (Å²) in [6.45, 7) is 5.97. The number of hydrogen-bond acceptors (Lipinski definition) is 2. The van der Waals surface area contributed by atoms with Crippen LogP contribution in [0.2, 0.25) is 0 Å². The molecule has 1 saturated heterocycles. The Bertz CT molecular complexity index is 273. The zero-order chi connectivity index (χ0) is 10.7. The average molecular weight is 197 g/mol. The van der Waals surface area contributed by atoms with Gasteiger partial charge in [0, 0.05) is 13.0 Å². The van der Waals surface area contributed by atoms with E-state index in [4.69, 9.17) is 5.11 Å². The monoisotopic (exact) mass is 197 g/mol. The maximum atomic E-state index is 11.6. The maximum Gasteiger partial charge on any atom is 0.326 e. The van der Waals surface area contributed by atoms with Crippen LogP contribution in [0, 0.1) is 0 Å². The van der Waals surface area contributed by atoms with Crippen molar-refractivity contribution < 1.29 is 14.7 Å². The van der Waals surface area contributed by atoms with Gasteiger partial charge in [-0.25, -0.2) is 4.79 Å². The third-order valence-electron chi connectivity index (χ3n) is 2.31. The Morgan fingerprint density at radius 3 is 2.71 bits per heavy atom. The lowest BCUT2D eigenvalue weighted by Crippen LogP contribution is -2.40. The zero-order valence-corrected chi connectivity index (χ0v) is 8.32. The van der Waals surface area contributed by atoms with Gasteiger partial charge in [0.15, 0.2) is 0 Å². The number of carboxylic acid groups (broad SMARTS) is 1. The molecule has 1 amide bonds. The van der Waals surface area contributed by atoms with Gasteiger partial charge in [0.2, 0.25) is 5.91 Å². The molecule has 1 heterocycles. The third kappa shape index (κ3) is 2.34. The first-order valence-corrected chi connectivity index (χ1v) is 4.69. The molecule has 0 aromatic heterocycles. The molecule has 0 aromatic rings. The van der Waals surface area contributed by atoms with Gasteiger partial charge in [0.25, 0.3) is 0 Å². The van der Waals surface area contributed by atoms with Crippen molar-refractivity contribution in [2.75, 3.05) is 6.54 Å². The first kappa shape index (κ1) is 10.8. The summed E-state index contributed by atoms with van der Waals surface area (Å²) in [4.78, 5) is 23.8. The molecule has 78 valence electrons. The Kier molecular flexibility index (Phi) is 3.28. The lowest BCUT2D eigenvalue weighted by atomic mass is 10.2.